The molecule has 19 heavy (non-hydrogen) atoms. The van der Waals surface area contributed by atoms with Crippen LogP contribution in [0.15, 0.2) is 40.9 Å². The van der Waals surface area contributed by atoms with Gasteiger partial charge in [0.2, 0.25) is 0 Å². The fourth-order valence-corrected chi connectivity index (χ4v) is 2.46. The van der Waals surface area contributed by atoms with Gasteiger partial charge in [0.25, 0.3) is 0 Å². The van der Waals surface area contributed by atoms with E-state index < -0.39 is 0 Å². The monoisotopic (exact) mass is 362 g/mol. The third-order valence-corrected chi connectivity index (χ3v) is 3.65. The highest BCUT2D eigenvalue weighted by Crippen LogP contribution is 2.24. The second-order valence-electron chi connectivity index (χ2n) is 3.95. The maximum Gasteiger partial charge on any atom is 0.127 e. The molecule has 0 saturated carbocycles. The summed E-state index contributed by atoms with van der Waals surface area (Å²) in [6, 6.07) is 9.93. The van der Waals surface area contributed by atoms with Gasteiger partial charge in [-0.3, -0.25) is 0 Å². The van der Waals surface area contributed by atoms with Crippen molar-refractivity contribution in [1.82, 2.24) is 0 Å². The van der Waals surface area contributed by atoms with Crippen molar-refractivity contribution in [2.45, 2.75) is 12.5 Å². The average molecular weight is 364 g/mol. The Hall–Kier alpha value is -0.770. The molecule has 0 fully saturated rings. The van der Waals surface area contributed by atoms with Crippen molar-refractivity contribution in [3.05, 3.63) is 62.8 Å². The quantitative estimate of drug-likeness (QED) is 0.646. The molecule has 0 aliphatic heterocycles. The van der Waals surface area contributed by atoms with Crippen LogP contribution in [-0.4, -0.2) is 0 Å². The first-order valence-corrected chi connectivity index (χ1v) is 7.21. The van der Waals surface area contributed by atoms with Crippen LogP contribution in [0.25, 0.3) is 0 Å². The second-order valence-corrected chi connectivity index (χ2v) is 5.54. The summed E-state index contributed by atoms with van der Waals surface area (Å²) in [5.41, 5.74) is 1.51. The first-order chi connectivity index (χ1) is 9.08. The van der Waals surface area contributed by atoms with E-state index in [-0.39, 0.29) is 18.3 Å². The Balaban J connectivity index is 2.12. The Labute approximate surface area is 129 Å². The van der Waals surface area contributed by atoms with Crippen molar-refractivity contribution in [3.8, 4) is 5.75 Å². The molecule has 1 nitrogen and oxygen atoms in total. The molecule has 0 aliphatic rings. The van der Waals surface area contributed by atoms with Crippen molar-refractivity contribution in [2.24, 2.45) is 0 Å². The molecule has 0 aliphatic carbocycles. The molecule has 2 rings (SSSR count). The van der Waals surface area contributed by atoms with Crippen molar-refractivity contribution in [2.75, 3.05) is 0 Å². The van der Waals surface area contributed by atoms with Crippen LogP contribution < -0.4 is 4.74 Å². The van der Waals surface area contributed by atoms with E-state index in [0.717, 1.165) is 10.0 Å². The summed E-state index contributed by atoms with van der Waals surface area (Å²) in [5.74, 6) is 0.317. The SMILES string of the molecule is Fc1cc(CCl)cc(OCc2ccc(Br)cc2Cl)c1. The Morgan fingerprint density at radius 2 is 1.95 bits per heavy atom. The summed E-state index contributed by atoms with van der Waals surface area (Å²) in [6.07, 6.45) is 0. The van der Waals surface area contributed by atoms with E-state index in [2.05, 4.69) is 15.9 Å². The number of hydrogen-bond donors (Lipinski definition) is 0. The van der Waals surface area contributed by atoms with Gasteiger partial charge in [0, 0.05) is 27.0 Å². The van der Waals surface area contributed by atoms with E-state index in [1.165, 1.54) is 12.1 Å². The van der Waals surface area contributed by atoms with Gasteiger partial charge in [0.05, 0.1) is 0 Å². The van der Waals surface area contributed by atoms with Crippen LogP contribution in [0.1, 0.15) is 11.1 Å². The Bertz CT molecular complexity index is 590. The van der Waals surface area contributed by atoms with Crippen molar-refractivity contribution < 1.29 is 9.13 Å². The molecule has 5 heteroatoms. The van der Waals surface area contributed by atoms with Gasteiger partial charge in [-0.25, -0.2) is 4.39 Å². The summed E-state index contributed by atoms with van der Waals surface area (Å²) in [7, 11) is 0. The van der Waals surface area contributed by atoms with E-state index >= 15 is 0 Å². The predicted octanol–water partition coefficient (Wildman–Crippen LogP) is 5.56. The smallest absolute Gasteiger partial charge is 0.127 e. The molecule has 0 heterocycles. The highest BCUT2D eigenvalue weighted by Gasteiger charge is 2.05. The van der Waals surface area contributed by atoms with Gasteiger partial charge < -0.3 is 4.74 Å². The lowest BCUT2D eigenvalue weighted by Crippen LogP contribution is -1.97. The van der Waals surface area contributed by atoms with E-state index in [9.17, 15) is 4.39 Å². The zero-order valence-electron chi connectivity index (χ0n) is 9.80. The zero-order chi connectivity index (χ0) is 13.8. The number of ether oxygens (including phenoxy) is 1. The van der Waals surface area contributed by atoms with E-state index in [4.69, 9.17) is 27.9 Å². The first kappa shape index (κ1) is 14.6. The molecular formula is C14H10BrCl2FO. The van der Waals surface area contributed by atoms with Gasteiger partial charge in [-0.15, -0.1) is 11.6 Å². The predicted molar refractivity (Wildman–Crippen MR) is 79.4 cm³/mol. The first-order valence-electron chi connectivity index (χ1n) is 5.50. The van der Waals surface area contributed by atoms with Crippen LogP contribution in [0.2, 0.25) is 5.02 Å². The largest absolute Gasteiger partial charge is 0.489 e. The van der Waals surface area contributed by atoms with E-state index in [0.29, 0.717) is 16.3 Å². The Morgan fingerprint density at radius 3 is 2.63 bits per heavy atom. The van der Waals surface area contributed by atoms with Crippen molar-refractivity contribution >= 4 is 39.1 Å². The molecule has 0 saturated heterocycles. The van der Waals surface area contributed by atoms with Crippen LogP contribution in [0, 0.1) is 5.82 Å². The minimum atomic E-state index is -0.366. The summed E-state index contributed by atoms with van der Waals surface area (Å²) in [5, 5.41) is 0.600. The molecule has 100 valence electrons. The van der Waals surface area contributed by atoms with E-state index in [1.807, 2.05) is 12.1 Å². The fraction of sp³-hybridized carbons (Fsp3) is 0.143. The van der Waals surface area contributed by atoms with E-state index in [1.54, 1.807) is 12.1 Å². The molecule has 2 aromatic carbocycles. The maximum atomic E-state index is 13.3. The minimum absolute atomic E-state index is 0.243. The maximum absolute atomic E-state index is 13.3. The van der Waals surface area contributed by atoms with Crippen LogP contribution in [0.4, 0.5) is 4.39 Å². The summed E-state index contributed by atoms with van der Waals surface area (Å²) >= 11 is 15.1. The summed E-state index contributed by atoms with van der Waals surface area (Å²) in [4.78, 5) is 0. The number of alkyl halides is 1. The molecule has 2 aromatic rings. The Kier molecular flexibility index (Phi) is 5.08. The van der Waals surface area contributed by atoms with Crippen molar-refractivity contribution in [1.29, 1.82) is 0 Å². The number of halogens is 4. The van der Waals surface area contributed by atoms with Gasteiger partial charge in [-0.1, -0.05) is 33.6 Å². The standard InChI is InChI=1S/C14H10BrCl2FO/c15-11-2-1-10(14(17)5-11)8-19-13-4-9(7-16)3-12(18)6-13/h1-6H,7-8H2. The molecule has 0 atom stereocenters. The molecule has 0 bridgehead atoms. The lowest BCUT2D eigenvalue weighted by atomic mass is 10.2. The lowest BCUT2D eigenvalue weighted by molar-refractivity contribution is 0.304. The molecule has 0 N–H and O–H groups in total. The van der Waals surface area contributed by atoms with Gasteiger partial charge in [0.1, 0.15) is 18.2 Å². The zero-order valence-corrected chi connectivity index (χ0v) is 12.9. The summed E-state index contributed by atoms with van der Waals surface area (Å²) in [6.45, 7) is 0.275. The topological polar surface area (TPSA) is 9.23 Å². The minimum Gasteiger partial charge on any atom is -0.489 e. The van der Waals surface area contributed by atoms with Crippen LogP contribution >= 0.6 is 39.1 Å². The summed E-state index contributed by atoms with van der Waals surface area (Å²) < 4.78 is 19.7. The third kappa shape index (κ3) is 4.10. The lowest BCUT2D eigenvalue weighted by Gasteiger charge is -2.09. The van der Waals surface area contributed by atoms with Crippen LogP contribution in [0.5, 0.6) is 5.75 Å². The van der Waals surface area contributed by atoms with Gasteiger partial charge in [-0.05, 0) is 29.8 Å². The number of hydrogen-bond acceptors (Lipinski definition) is 1. The molecule has 0 amide bonds. The fourth-order valence-electron chi connectivity index (χ4n) is 1.58. The molecular weight excluding hydrogens is 354 g/mol. The highest BCUT2D eigenvalue weighted by atomic mass is 79.9. The van der Waals surface area contributed by atoms with Gasteiger partial charge >= 0.3 is 0 Å². The average Bonchev–Trinajstić information content (AvgIpc) is 2.37. The van der Waals surface area contributed by atoms with Crippen LogP contribution in [-0.2, 0) is 12.5 Å². The molecule has 0 spiro atoms. The normalized spacial score (nSPS) is 10.5. The number of rotatable bonds is 4. The highest BCUT2D eigenvalue weighted by molar-refractivity contribution is 9.10. The second kappa shape index (κ2) is 6.60. The molecule has 0 unspecified atom stereocenters. The Morgan fingerprint density at radius 1 is 1.16 bits per heavy atom. The van der Waals surface area contributed by atoms with Crippen molar-refractivity contribution in [3.63, 3.8) is 0 Å². The molecule has 0 aromatic heterocycles. The van der Waals surface area contributed by atoms with Gasteiger partial charge in [0.15, 0.2) is 0 Å². The third-order valence-electron chi connectivity index (χ3n) is 2.49. The van der Waals surface area contributed by atoms with Crippen LogP contribution in [0.3, 0.4) is 0 Å². The molecule has 0 radical (unpaired) electrons. The van der Waals surface area contributed by atoms with Gasteiger partial charge in [-0.2, -0.15) is 0 Å². The number of benzene rings is 2.